The van der Waals surface area contributed by atoms with Gasteiger partial charge in [0.15, 0.2) is 5.60 Å². The molecule has 0 spiro atoms. The Morgan fingerprint density at radius 1 is 1.38 bits per heavy atom. The summed E-state index contributed by atoms with van der Waals surface area (Å²) in [5, 5.41) is 8.84. The van der Waals surface area contributed by atoms with Crippen molar-refractivity contribution in [3.05, 3.63) is 0 Å². The van der Waals surface area contributed by atoms with Gasteiger partial charge in [0.25, 0.3) is 0 Å². The second-order valence-electron chi connectivity index (χ2n) is 3.15. The zero-order valence-electron chi connectivity index (χ0n) is 7.02. The highest BCUT2D eigenvalue weighted by atomic mass is 32.2. The van der Waals surface area contributed by atoms with Crippen molar-refractivity contribution >= 4 is 17.3 Å². The first-order valence-corrected chi connectivity index (χ1v) is 5.09. The van der Waals surface area contributed by atoms with E-state index in [0.29, 0.717) is 12.8 Å². The Morgan fingerprint density at radius 2 is 1.92 bits per heavy atom. The van der Waals surface area contributed by atoms with E-state index in [1.807, 2.05) is 0 Å². The highest BCUT2D eigenvalue weighted by Gasteiger charge is 2.41. The van der Waals surface area contributed by atoms with Gasteiger partial charge in [0.05, 0.1) is 11.4 Å². The van der Waals surface area contributed by atoms with Crippen LogP contribution in [-0.4, -0.2) is 25.4 Å². The molecule has 0 radical (unpaired) electrons. The van der Waals surface area contributed by atoms with Gasteiger partial charge in [-0.25, -0.2) is 9.00 Å². The van der Waals surface area contributed by atoms with Crippen LogP contribution in [0.5, 0.6) is 0 Å². The fourth-order valence-corrected chi connectivity index (χ4v) is 2.08. The van der Waals surface area contributed by atoms with E-state index < -0.39 is 22.9 Å². The number of hydrogen-bond donors (Lipinski definition) is 1. The second-order valence-corrected chi connectivity index (χ2v) is 3.72. The summed E-state index contributed by atoms with van der Waals surface area (Å²) in [6.07, 6.45) is 2.88. The van der Waals surface area contributed by atoms with Crippen LogP contribution in [0.3, 0.4) is 0 Å². The normalized spacial score (nSPS) is 23.8. The molecule has 5 nitrogen and oxygen atoms in total. The first-order valence-electron chi connectivity index (χ1n) is 4.09. The van der Waals surface area contributed by atoms with E-state index in [4.69, 9.17) is 5.11 Å². The highest BCUT2D eigenvalue weighted by molar-refractivity contribution is 7.74. The fraction of sp³-hybridized carbons (Fsp3) is 0.857. The Hall–Kier alpha value is -0.460. The molecule has 1 fully saturated rings. The van der Waals surface area contributed by atoms with Gasteiger partial charge in [-0.15, -0.1) is 0 Å². The van der Waals surface area contributed by atoms with E-state index in [1.165, 1.54) is 0 Å². The molecule has 0 heterocycles. The molecule has 1 N–H and O–H groups in total. The van der Waals surface area contributed by atoms with Gasteiger partial charge in [-0.05, 0) is 25.7 Å². The lowest BCUT2D eigenvalue weighted by molar-refractivity contribution is -0.158. The van der Waals surface area contributed by atoms with E-state index in [0.717, 1.165) is 6.42 Å². The lowest BCUT2D eigenvalue weighted by atomic mass is 9.85. The molecule has 13 heavy (non-hydrogen) atoms. The molecule has 1 unspecified atom stereocenters. The maximum Gasteiger partial charge on any atom is 0.337 e. The molecule has 76 valence electrons. The Labute approximate surface area is 78.6 Å². The first-order chi connectivity index (χ1) is 6.07. The minimum absolute atomic E-state index is 0.274. The van der Waals surface area contributed by atoms with Gasteiger partial charge in [0, 0.05) is 0 Å². The van der Waals surface area contributed by atoms with Crippen molar-refractivity contribution in [3.63, 3.8) is 0 Å². The zero-order valence-corrected chi connectivity index (χ0v) is 7.84. The van der Waals surface area contributed by atoms with Crippen LogP contribution < -0.4 is 0 Å². The van der Waals surface area contributed by atoms with Crippen LogP contribution in [0.4, 0.5) is 0 Å². The van der Waals surface area contributed by atoms with Gasteiger partial charge in [-0.2, -0.15) is 0 Å². The van der Waals surface area contributed by atoms with Crippen molar-refractivity contribution in [1.82, 2.24) is 0 Å². The third-order valence-electron chi connectivity index (χ3n) is 2.28. The van der Waals surface area contributed by atoms with Crippen LogP contribution in [0.2, 0.25) is 0 Å². The maximum absolute atomic E-state index is 10.8. The molecule has 6 heteroatoms. The summed E-state index contributed by atoms with van der Waals surface area (Å²) in [5.74, 6) is -1.18. The fourth-order valence-electron chi connectivity index (χ4n) is 1.59. The summed E-state index contributed by atoms with van der Waals surface area (Å²) in [6, 6.07) is 0. The molecule has 1 rings (SSSR count). The van der Waals surface area contributed by atoms with E-state index in [-0.39, 0.29) is 12.8 Å². The molecular formula is C7H11O5S-. The van der Waals surface area contributed by atoms with Crippen LogP contribution in [0.25, 0.3) is 0 Å². The molecule has 0 amide bonds. The zero-order chi connectivity index (χ0) is 9.90. The summed E-state index contributed by atoms with van der Waals surface area (Å²) in [6.45, 7) is 0. The standard InChI is InChI=1S/C7H12O5S/c8-6(9)7(12-13(10)11)4-2-1-3-5-7/h1-5H2,(H,8,9)(H,10,11)/p-1. The van der Waals surface area contributed by atoms with Crippen LogP contribution in [0, 0.1) is 0 Å². The molecule has 0 bridgehead atoms. The number of aliphatic carboxylic acids is 1. The minimum atomic E-state index is -2.75. The predicted octanol–water partition coefficient (Wildman–Crippen LogP) is 0.585. The van der Waals surface area contributed by atoms with Gasteiger partial charge < -0.3 is 9.66 Å². The molecular weight excluding hydrogens is 196 g/mol. The molecule has 1 aliphatic carbocycles. The van der Waals surface area contributed by atoms with Crippen molar-refractivity contribution < 1.29 is 22.8 Å². The van der Waals surface area contributed by atoms with E-state index in [1.54, 1.807) is 0 Å². The first kappa shape index (κ1) is 10.6. The Balaban J connectivity index is 2.73. The average molecular weight is 207 g/mol. The van der Waals surface area contributed by atoms with Crippen molar-refractivity contribution in [2.24, 2.45) is 0 Å². The van der Waals surface area contributed by atoms with Crippen molar-refractivity contribution in [2.45, 2.75) is 37.7 Å². The van der Waals surface area contributed by atoms with Crippen LogP contribution >= 0.6 is 0 Å². The molecule has 1 aliphatic rings. The van der Waals surface area contributed by atoms with Crippen molar-refractivity contribution in [3.8, 4) is 0 Å². The van der Waals surface area contributed by atoms with Gasteiger partial charge in [0.1, 0.15) is 0 Å². The van der Waals surface area contributed by atoms with Gasteiger partial charge >= 0.3 is 5.97 Å². The number of carbonyl (C=O) groups is 1. The highest BCUT2D eigenvalue weighted by Crippen LogP contribution is 2.32. The van der Waals surface area contributed by atoms with Gasteiger partial charge in [-0.1, -0.05) is 6.42 Å². The number of carboxylic acids is 1. The van der Waals surface area contributed by atoms with E-state index in [2.05, 4.69) is 4.18 Å². The Bertz CT molecular complexity index is 221. The number of carboxylic acid groups (broad SMARTS) is 1. The molecule has 1 saturated carbocycles. The van der Waals surface area contributed by atoms with Crippen molar-refractivity contribution in [2.75, 3.05) is 0 Å². The molecule has 0 aromatic heterocycles. The smallest absolute Gasteiger partial charge is 0.337 e. The van der Waals surface area contributed by atoms with E-state index >= 15 is 0 Å². The molecule has 0 aromatic carbocycles. The third-order valence-corrected chi connectivity index (χ3v) is 2.73. The lowest BCUT2D eigenvalue weighted by Gasteiger charge is -2.32. The van der Waals surface area contributed by atoms with Crippen LogP contribution in [0.15, 0.2) is 0 Å². The average Bonchev–Trinajstić information content (AvgIpc) is 2.04. The number of rotatable bonds is 3. The summed E-state index contributed by atoms with van der Waals surface area (Å²) < 4.78 is 25.0. The van der Waals surface area contributed by atoms with E-state index in [9.17, 15) is 13.6 Å². The quantitative estimate of drug-likeness (QED) is 0.684. The lowest BCUT2D eigenvalue weighted by Crippen LogP contribution is -2.43. The second kappa shape index (κ2) is 4.17. The Kier molecular flexibility index (Phi) is 3.40. The monoisotopic (exact) mass is 207 g/mol. The summed E-state index contributed by atoms with van der Waals surface area (Å²) >= 11 is -2.75. The molecule has 0 aliphatic heterocycles. The van der Waals surface area contributed by atoms with Crippen LogP contribution in [-0.2, 0) is 20.3 Å². The maximum atomic E-state index is 10.8. The molecule has 0 saturated heterocycles. The summed E-state index contributed by atoms with van der Waals surface area (Å²) in [5.41, 5.74) is -1.50. The largest absolute Gasteiger partial charge is 0.750 e. The predicted molar refractivity (Wildman–Crippen MR) is 43.5 cm³/mol. The minimum Gasteiger partial charge on any atom is -0.750 e. The van der Waals surface area contributed by atoms with Crippen molar-refractivity contribution in [1.29, 1.82) is 0 Å². The topological polar surface area (TPSA) is 86.7 Å². The number of hydrogen-bond acceptors (Lipinski definition) is 4. The summed E-state index contributed by atoms with van der Waals surface area (Å²) in [7, 11) is 0. The van der Waals surface area contributed by atoms with Crippen LogP contribution in [0.1, 0.15) is 32.1 Å². The summed E-state index contributed by atoms with van der Waals surface area (Å²) in [4.78, 5) is 10.8. The Morgan fingerprint density at radius 3 is 2.31 bits per heavy atom. The molecule has 1 atom stereocenters. The SMILES string of the molecule is O=C(O)C1(OS(=O)[O-])CCCCC1. The van der Waals surface area contributed by atoms with Gasteiger partial charge in [-0.3, -0.25) is 4.18 Å². The third kappa shape index (κ3) is 2.49. The molecule has 0 aromatic rings. The van der Waals surface area contributed by atoms with Gasteiger partial charge in [0.2, 0.25) is 0 Å².